The Hall–Kier alpha value is -0.130. The van der Waals surface area contributed by atoms with E-state index in [4.69, 9.17) is 0 Å². The second-order valence-electron chi connectivity index (χ2n) is 4.41. The van der Waals surface area contributed by atoms with Crippen LogP contribution in [0.2, 0.25) is 0 Å². The van der Waals surface area contributed by atoms with Crippen LogP contribution in [0.3, 0.4) is 0 Å². The number of sulfone groups is 1. The van der Waals surface area contributed by atoms with E-state index in [0.717, 1.165) is 25.9 Å². The van der Waals surface area contributed by atoms with E-state index in [-0.39, 0.29) is 5.75 Å². The molecule has 0 rings (SSSR count). The molecule has 0 aromatic rings. The average molecular weight is 250 g/mol. The number of hydrogen-bond donors (Lipinski definition) is 1. The molecule has 16 heavy (non-hydrogen) atoms. The Morgan fingerprint density at radius 2 is 1.75 bits per heavy atom. The van der Waals surface area contributed by atoms with Gasteiger partial charge in [0.15, 0.2) is 9.84 Å². The van der Waals surface area contributed by atoms with Gasteiger partial charge in [0.05, 0.1) is 5.75 Å². The zero-order valence-corrected chi connectivity index (χ0v) is 11.6. The molecule has 0 bridgehead atoms. The van der Waals surface area contributed by atoms with Crippen molar-refractivity contribution in [2.24, 2.45) is 0 Å². The van der Waals surface area contributed by atoms with Crippen LogP contribution in [-0.4, -0.2) is 58.6 Å². The van der Waals surface area contributed by atoms with Crippen LogP contribution in [0.25, 0.3) is 0 Å². The Kier molecular flexibility index (Phi) is 8.89. The van der Waals surface area contributed by atoms with E-state index in [0.29, 0.717) is 18.7 Å². The molecule has 4 nitrogen and oxygen atoms in total. The SMILES string of the molecule is CCCS(=O)(=O)CCNCCCCN(C)C. The first kappa shape index (κ1) is 15.9. The molecule has 0 aliphatic heterocycles. The van der Waals surface area contributed by atoms with Crippen LogP contribution in [0.1, 0.15) is 26.2 Å². The van der Waals surface area contributed by atoms with Crippen molar-refractivity contribution in [1.82, 2.24) is 10.2 Å². The first-order valence-electron chi connectivity index (χ1n) is 6.04. The van der Waals surface area contributed by atoms with E-state index in [2.05, 4.69) is 24.3 Å². The Bertz CT molecular complexity index is 251. The van der Waals surface area contributed by atoms with Crippen molar-refractivity contribution in [2.75, 3.05) is 45.2 Å². The van der Waals surface area contributed by atoms with Crippen LogP contribution in [0.5, 0.6) is 0 Å². The standard InChI is InChI=1S/C11H26N2O2S/c1-4-10-16(14,15)11-8-12-7-5-6-9-13(2)3/h12H,4-11H2,1-3H3. The molecular formula is C11H26N2O2S. The smallest absolute Gasteiger partial charge is 0.151 e. The third kappa shape index (κ3) is 10.4. The van der Waals surface area contributed by atoms with E-state index >= 15 is 0 Å². The van der Waals surface area contributed by atoms with E-state index in [1.165, 1.54) is 0 Å². The third-order valence-corrected chi connectivity index (χ3v) is 4.17. The fraction of sp³-hybridized carbons (Fsp3) is 1.00. The summed E-state index contributed by atoms with van der Waals surface area (Å²) in [6.45, 7) is 4.49. The summed E-state index contributed by atoms with van der Waals surface area (Å²) in [6, 6.07) is 0. The van der Waals surface area contributed by atoms with E-state index in [9.17, 15) is 8.42 Å². The predicted molar refractivity (Wildman–Crippen MR) is 69.6 cm³/mol. The molecule has 0 radical (unpaired) electrons. The minimum Gasteiger partial charge on any atom is -0.316 e. The Morgan fingerprint density at radius 3 is 2.31 bits per heavy atom. The van der Waals surface area contributed by atoms with Crippen molar-refractivity contribution in [3.05, 3.63) is 0 Å². The number of rotatable bonds is 10. The van der Waals surface area contributed by atoms with Gasteiger partial charge < -0.3 is 10.2 Å². The summed E-state index contributed by atoms with van der Waals surface area (Å²) in [4.78, 5) is 2.16. The zero-order chi connectivity index (χ0) is 12.4. The first-order valence-corrected chi connectivity index (χ1v) is 7.86. The molecule has 0 saturated carbocycles. The fourth-order valence-corrected chi connectivity index (χ4v) is 2.73. The summed E-state index contributed by atoms with van der Waals surface area (Å²) < 4.78 is 22.7. The van der Waals surface area contributed by atoms with Crippen LogP contribution in [0, 0.1) is 0 Å². The highest BCUT2D eigenvalue weighted by molar-refractivity contribution is 7.91. The molecule has 0 fully saturated rings. The van der Waals surface area contributed by atoms with Crippen LogP contribution >= 0.6 is 0 Å². The largest absolute Gasteiger partial charge is 0.316 e. The maximum Gasteiger partial charge on any atom is 0.151 e. The van der Waals surface area contributed by atoms with Crippen LogP contribution in [0.15, 0.2) is 0 Å². The van der Waals surface area contributed by atoms with Gasteiger partial charge in [-0.25, -0.2) is 8.42 Å². The maximum absolute atomic E-state index is 11.4. The highest BCUT2D eigenvalue weighted by Crippen LogP contribution is 1.93. The minimum absolute atomic E-state index is 0.272. The minimum atomic E-state index is -2.81. The van der Waals surface area contributed by atoms with Gasteiger partial charge in [-0.05, 0) is 46.4 Å². The number of hydrogen-bond acceptors (Lipinski definition) is 4. The molecule has 0 aromatic heterocycles. The van der Waals surface area contributed by atoms with Crippen LogP contribution in [0.4, 0.5) is 0 Å². The molecular weight excluding hydrogens is 224 g/mol. The topological polar surface area (TPSA) is 49.4 Å². The van der Waals surface area contributed by atoms with Crippen LogP contribution < -0.4 is 5.32 Å². The summed E-state index contributed by atoms with van der Waals surface area (Å²) in [5, 5.41) is 3.18. The molecule has 0 heterocycles. The first-order chi connectivity index (χ1) is 7.48. The van der Waals surface area contributed by atoms with Gasteiger partial charge >= 0.3 is 0 Å². The van der Waals surface area contributed by atoms with Crippen LogP contribution in [-0.2, 0) is 9.84 Å². The quantitative estimate of drug-likeness (QED) is 0.581. The van der Waals surface area contributed by atoms with E-state index in [1.807, 2.05) is 6.92 Å². The molecule has 0 aromatic carbocycles. The lowest BCUT2D eigenvalue weighted by Gasteiger charge is -2.09. The number of nitrogens with one attached hydrogen (secondary N) is 1. The van der Waals surface area contributed by atoms with Gasteiger partial charge in [-0.1, -0.05) is 6.92 Å². The Balaban J connectivity index is 3.33. The maximum atomic E-state index is 11.4. The molecule has 0 unspecified atom stereocenters. The highest BCUT2D eigenvalue weighted by Gasteiger charge is 2.07. The molecule has 1 N–H and O–H groups in total. The van der Waals surface area contributed by atoms with Crippen molar-refractivity contribution in [3.8, 4) is 0 Å². The summed E-state index contributed by atoms with van der Waals surface area (Å²) in [7, 11) is 1.31. The molecule has 0 spiro atoms. The van der Waals surface area contributed by atoms with Gasteiger partial charge in [-0.2, -0.15) is 0 Å². The summed E-state index contributed by atoms with van der Waals surface area (Å²) in [5.41, 5.74) is 0. The molecule has 0 aliphatic carbocycles. The van der Waals surface area contributed by atoms with Crippen molar-refractivity contribution < 1.29 is 8.42 Å². The monoisotopic (exact) mass is 250 g/mol. The average Bonchev–Trinajstić information content (AvgIpc) is 2.15. The van der Waals surface area contributed by atoms with Gasteiger partial charge in [0.1, 0.15) is 0 Å². The predicted octanol–water partition coefficient (Wildman–Crippen LogP) is 0.743. The molecule has 0 saturated heterocycles. The molecule has 5 heteroatoms. The molecule has 98 valence electrons. The normalized spacial score (nSPS) is 12.2. The lowest BCUT2D eigenvalue weighted by atomic mass is 10.3. The molecule has 0 amide bonds. The van der Waals surface area contributed by atoms with Crippen molar-refractivity contribution in [3.63, 3.8) is 0 Å². The second-order valence-corrected chi connectivity index (χ2v) is 6.72. The highest BCUT2D eigenvalue weighted by atomic mass is 32.2. The lowest BCUT2D eigenvalue weighted by molar-refractivity contribution is 0.392. The van der Waals surface area contributed by atoms with Crippen molar-refractivity contribution in [1.29, 1.82) is 0 Å². The lowest BCUT2D eigenvalue weighted by Crippen LogP contribution is -2.25. The number of nitrogens with zero attached hydrogens (tertiary/aromatic N) is 1. The molecule has 0 atom stereocenters. The van der Waals surface area contributed by atoms with Gasteiger partial charge in [0, 0.05) is 12.3 Å². The van der Waals surface area contributed by atoms with Gasteiger partial charge in [0.25, 0.3) is 0 Å². The van der Waals surface area contributed by atoms with Gasteiger partial charge in [-0.15, -0.1) is 0 Å². The van der Waals surface area contributed by atoms with E-state index in [1.54, 1.807) is 0 Å². The third-order valence-electron chi connectivity index (χ3n) is 2.31. The van der Waals surface area contributed by atoms with Gasteiger partial charge in [-0.3, -0.25) is 0 Å². The fourth-order valence-electron chi connectivity index (χ4n) is 1.44. The van der Waals surface area contributed by atoms with E-state index < -0.39 is 9.84 Å². The van der Waals surface area contributed by atoms with Gasteiger partial charge in [0.2, 0.25) is 0 Å². The molecule has 0 aliphatic rings. The summed E-state index contributed by atoms with van der Waals surface area (Å²) >= 11 is 0. The number of unbranched alkanes of at least 4 members (excludes halogenated alkanes) is 1. The Labute approximate surface area is 100 Å². The zero-order valence-electron chi connectivity index (χ0n) is 10.8. The van der Waals surface area contributed by atoms with Crippen molar-refractivity contribution >= 4 is 9.84 Å². The Morgan fingerprint density at radius 1 is 1.06 bits per heavy atom. The second kappa shape index (κ2) is 8.96. The summed E-state index contributed by atoms with van der Waals surface area (Å²) in [6.07, 6.45) is 2.97. The summed E-state index contributed by atoms with van der Waals surface area (Å²) in [5.74, 6) is 0.587. The van der Waals surface area contributed by atoms with Crippen molar-refractivity contribution in [2.45, 2.75) is 26.2 Å².